The van der Waals surface area contributed by atoms with Crippen molar-refractivity contribution in [2.75, 3.05) is 20.3 Å². The molecule has 0 amide bonds. The number of rotatable bonds is 5. The summed E-state index contributed by atoms with van der Waals surface area (Å²) in [4.78, 5) is 11.1. The fourth-order valence-corrected chi connectivity index (χ4v) is 3.00. The van der Waals surface area contributed by atoms with Gasteiger partial charge in [0.25, 0.3) is 0 Å². The Hall–Kier alpha value is -0.610. The topological polar surface area (TPSA) is 47.6 Å². The van der Waals surface area contributed by atoms with Gasteiger partial charge in [-0.2, -0.15) is 0 Å². The monoisotopic (exact) mass is 227 g/mol. The van der Waals surface area contributed by atoms with E-state index in [0.717, 1.165) is 13.0 Å². The molecule has 0 aliphatic heterocycles. The molecular weight excluding hydrogens is 206 g/mol. The van der Waals surface area contributed by atoms with Crippen LogP contribution in [0.4, 0.5) is 0 Å². The quantitative estimate of drug-likeness (QED) is 0.714. The number of carbonyl (C=O) groups excluding carboxylic acids is 1. The van der Waals surface area contributed by atoms with Crippen molar-refractivity contribution in [3.63, 3.8) is 0 Å². The Balaban J connectivity index is 1.81. The van der Waals surface area contributed by atoms with Gasteiger partial charge in [0.1, 0.15) is 0 Å². The van der Waals surface area contributed by atoms with Crippen LogP contribution in [0, 0.1) is 5.41 Å². The van der Waals surface area contributed by atoms with Crippen LogP contribution in [0.25, 0.3) is 0 Å². The number of nitrogens with one attached hydrogen (secondary N) is 1. The second kappa shape index (κ2) is 4.72. The van der Waals surface area contributed by atoms with Crippen LogP contribution >= 0.6 is 0 Å². The standard InChI is InChI=1S/C12H21NO3/c1-3-16-10-7-9(12(10)5-4-6-12)13-8-11(14)15-2/h9-10,13H,3-8H2,1-2H3. The van der Waals surface area contributed by atoms with Gasteiger partial charge >= 0.3 is 5.97 Å². The van der Waals surface area contributed by atoms with Crippen molar-refractivity contribution in [2.24, 2.45) is 5.41 Å². The molecule has 1 N–H and O–H groups in total. The van der Waals surface area contributed by atoms with Crippen molar-refractivity contribution in [2.45, 2.75) is 44.8 Å². The van der Waals surface area contributed by atoms with Crippen LogP contribution in [0.15, 0.2) is 0 Å². The van der Waals surface area contributed by atoms with Gasteiger partial charge < -0.3 is 14.8 Å². The van der Waals surface area contributed by atoms with Crippen molar-refractivity contribution >= 4 is 5.97 Å². The Morgan fingerprint density at radius 3 is 2.75 bits per heavy atom. The maximum atomic E-state index is 11.1. The minimum Gasteiger partial charge on any atom is -0.468 e. The average molecular weight is 227 g/mol. The van der Waals surface area contributed by atoms with E-state index in [1.165, 1.54) is 26.4 Å². The number of methoxy groups -OCH3 is 1. The predicted molar refractivity (Wildman–Crippen MR) is 60.1 cm³/mol. The lowest BCUT2D eigenvalue weighted by Gasteiger charge is -2.61. The molecule has 0 aromatic carbocycles. The summed E-state index contributed by atoms with van der Waals surface area (Å²) < 4.78 is 10.4. The summed E-state index contributed by atoms with van der Waals surface area (Å²) in [5, 5.41) is 3.30. The summed E-state index contributed by atoms with van der Waals surface area (Å²) in [6, 6.07) is 0.442. The van der Waals surface area contributed by atoms with Gasteiger partial charge in [-0.1, -0.05) is 6.42 Å². The average Bonchev–Trinajstić information content (AvgIpc) is 2.19. The molecule has 0 radical (unpaired) electrons. The fourth-order valence-electron chi connectivity index (χ4n) is 3.00. The first-order valence-electron chi connectivity index (χ1n) is 6.14. The highest BCUT2D eigenvalue weighted by atomic mass is 16.5. The summed E-state index contributed by atoms with van der Waals surface area (Å²) >= 11 is 0. The summed E-state index contributed by atoms with van der Waals surface area (Å²) in [6.07, 6.45) is 5.19. The largest absolute Gasteiger partial charge is 0.468 e. The number of hydrogen-bond acceptors (Lipinski definition) is 4. The third-order valence-corrected chi connectivity index (χ3v) is 4.16. The second-order valence-electron chi connectivity index (χ2n) is 4.78. The van der Waals surface area contributed by atoms with Crippen molar-refractivity contribution in [3.8, 4) is 0 Å². The third kappa shape index (κ3) is 1.84. The van der Waals surface area contributed by atoms with Crippen molar-refractivity contribution in [3.05, 3.63) is 0 Å². The molecule has 0 bridgehead atoms. The van der Waals surface area contributed by atoms with E-state index in [4.69, 9.17) is 4.74 Å². The molecule has 0 saturated heterocycles. The maximum Gasteiger partial charge on any atom is 0.319 e. The zero-order valence-electron chi connectivity index (χ0n) is 10.1. The van der Waals surface area contributed by atoms with Gasteiger partial charge in [0.15, 0.2) is 0 Å². The molecule has 2 unspecified atom stereocenters. The third-order valence-electron chi connectivity index (χ3n) is 4.16. The van der Waals surface area contributed by atoms with E-state index >= 15 is 0 Å². The first kappa shape index (κ1) is 11.9. The highest BCUT2D eigenvalue weighted by Crippen LogP contribution is 2.57. The molecular formula is C12H21NO3. The Morgan fingerprint density at radius 1 is 1.50 bits per heavy atom. The van der Waals surface area contributed by atoms with Gasteiger partial charge in [-0.15, -0.1) is 0 Å². The van der Waals surface area contributed by atoms with E-state index in [-0.39, 0.29) is 5.97 Å². The van der Waals surface area contributed by atoms with Crippen LogP contribution in [0.1, 0.15) is 32.6 Å². The molecule has 2 fully saturated rings. The Kier molecular flexibility index (Phi) is 3.50. The highest BCUT2D eigenvalue weighted by Gasteiger charge is 2.58. The van der Waals surface area contributed by atoms with E-state index in [1.54, 1.807) is 0 Å². The van der Waals surface area contributed by atoms with E-state index in [9.17, 15) is 4.79 Å². The van der Waals surface area contributed by atoms with Gasteiger partial charge in [-0.05, 0) is 26.2 Å². The Labute approximate surface area is 96.7 Å². The smallest absolute Gasteiger partial charge is 0.319 e. The van der Waals surface area contributed by atoms with E-state index in [2.05, 4.69) is 10.1 Å². The van der Waals surface area contributed by atoms with Gasteiger partial charge in [0.2, 0.25) is 0 Å². The summed E-state index contributed by atoms with van der Waals surface area (Å²) in [6.45, 7) is 3.15. The van der Waals surface area contributed by atoms with E-state index in [0.29, 0.717) is 24.1 Å². The van der Waals surface area contributed by atoms with Crippen LogP contribution in [-0.2, 0) is 14.3 Å². The van der Waals surface area contributed by atoms with Gasteiger partial charge in [-0.25, -0.2) is 0 Å². The lowest BCUT2D eigenvalue weighted by atomic mass is 9.51. The number of ether oxygens (including phenoxy) is 2. The number of esters is 1. The van der Waals surface area contributed by atoms with Crippen LogP contribution in [0.5, 0.6) is 0 Å². The van der Waals surface area contributed by atoms with Crippen LogP contribution in [-0.4, -0.2) is 38.4 Å². The lowest BCUT2D eigenvalue weighted by Crippen LogP contribution is -2.67. The predicted octanol–water partition coefficient (Wildman–Crippen LogP) is 1.10. The number of carbonyl (C=O) groups is 1. The fraction of sp³-hybridized carbons (Fsp3) is 0.917. The van der Waals surface area contributed by atoms with Crippen molar-refractivity contribution in [1.29, 1.82) is 0 Å². The molecule has 2 atom stereocenters. The molecule has 4 nitrogen and oxygen atoms in total. The Morgan fingerprint density at radius 2 is 2.25 bits per heavy atom. The first-order valence-corrected chi connectivity index (χ1v) is 6.14. The SMILES string of the molecule is CCOC1CC(NCC(=O)OC)C12CCC2. The van der Waals surface area contributed by atoms with Gasteiger partial charge in [-0.3, -0.25) is 4.79 Å². The number of hydrogen-bond donors (Lipinski definition) is 1. The minimum absolute atomic E-state index is 0.186. The van der Waals surface area contributed by atoms with E-state index < -0.39 is 0 Å². The molecule has 0 aromatic rings. The molecule has 92 valence electrons. The molecule has 1 spiro atoms. The van der Waals surface area contributed by atoms with Crippen molar-refractivity contribution < 1.29 is 14.3 Å². The molecule has 2 rings (SSSR count). The molecule has 2 aliphatic carbocycles. The zero-order chi connectivity index (χ0) is 11.6. The van der Waals surface area contributed by atoms with Gasteiger partial charge in [0, 0.05) is 18.1 Å². The lowest BCUT2D eigenvalue weighted by molar-refractivity contribution is -0.174. The minimum atomic E-state index is -0.186. The normalized spacial score (nSPS) is 30.6. The van der Waals surface area contributed by atoms with E-state index in [1.807, 2.05) is 6.92 Å². The summed E-state index contributed by atoms with van der Waals surface area (Å²) in [7, 11) is 1.42. The molecule has 0 aromatic heterocycles. The maximum absolute atomic E-state index is 11.1. The Bertz CT molecular complexity index is 263. The summed E-state index contributed by atoms with van der Waals surface area (Å²) in [5.41, 5.74) is 0.323. The molecule has 16 heavy (non-hydrogen) atoms. The first-order chi connectivity index (χ1) is 7.73. The summed E-state index contributed by atoms with van der Waals surface area (Å²) in [5.74, 6) is -0.186. The van der Waals surface area contributed by atoms with Crippen LogP contribution in [0.3, 0.4) is 0 Å². The highest BCUT2D eigenvalue weighted by molar-refractivity contribution is 5.71. The molecule has 2 aliphatic rings. The van der Waals surface area contributed by atoms with Gasteiger partial charge in [0.05, 0.1) is 19.8 Å². The molecule has 0 heterocycles. The van der Waals surface area contributed by atoms with Crippen LogP contribution < -0.4 is 5.32 Å². The van der Waals surface area contributed by atoms with Crippen molar-refractivity contribution in [1.82, 2.24) is 5.32 Å². The zero-order valence-corrected chi connectivity index (χ0v) is 10.1. The molecule has 4 heteroatoms. The molecule has 2 saturated carbocycles. The van der Waals surface area contributed by atoms with Crippen LogP contribution in [0.2, 0.25) is 0 Å². The second-order valence-corrected chi connectivity index (χ2v) is 4.78.